The van der Waals surface area contributed by atoms with Crippen molar-refractivity contribution in [3.8, 4) is 5.75 Å². The van der Waals surface area contributed by atoms with E-state index in [0.717, 1.165) is 28.6 Å². The van der Waals surface area contributed by atoms with E-state index in [0.29, 0.717) is 6.61 Å². The molecule has 0 fully saturated rings. The lowest BCUT2D eigenvalue weighted by Gasteiger charge is -2.15. The number of aliphatic hydroxyl groups is 1. The summed E-state index contributed by atoms with van der Waals surface area (Å²) in [6.07, 6.45) is 1.47. The number of ether oxygens (including phenoxy) is 1. The van der Waals surface area contributed by atoms with Crippen molar-refractivity contribution in [3.05, 3.63) is 64.4 Å². The predicted molar refractivity (Wildman–Crippen MR) is 84.9 cm³/mol. The highest BCUT2D eigenvalue weighted by atomic mass is 79.9. The molecule has 2 aromatic rings. The maximum absolute atomic E-state index is 12.9. The van der Waals surface area contributed by atoms with Gasteiger partial charge in [-0.2, -0.15) is 0 Å². The molecule has 0 aliphatic carbocycles. The molecule has 1 N–H and O–H groups in total. The lowest BCUT2D eigenvalue weighted by molar-refractivity contribution is 0.190. The van der Waals surface area contributed by atoms with Crippen molar-refractivity contribution in [1.82, 2.24) is 0 Å². The zero-order chi connectivity index (χ0) is 15.1. The molecule has 0 heterocycles. The molecule has 0 spiro atoms. The SMILES string of the molecule is OCC(CCOc1cccc(Br)c1)Cc1ccc(F)cc1. The van der Waals surface area contributed by atoms with E-state index in [1.807, 2.05) is 24.3 Å². The van der Waals surface area contributed by atoms with Crippen LogP contribution in [0, 0.1) is 11.7 Å². The molecule has 0 bridgehead atoms. The van der Waals surface area contributed by atoms with E-state index in [4.69, 9.17) is 4.74 Å². The summed E-state index contributed by atoms with van der Waals surface area (Å²) >= 11 is 3.40. The second kappa shape index (κ2) is 8.15. The Morgan fingerprint density at radius 2 is 1.90 bits per heavy atom. The molecule has 0 saturated heterocycles. The largest absolute Gasteiger partial charge is 0.494 e. The van der Waals surface area contributed by atoms with Gasteiger partial charge in [0.2, 0.25) is 0 Å². The summed E-state index contributed by atoms with van der Waals surface area (Å²) in [5, 5.41) is 9.45. The minimum absolute atomic E-state index is 0.0964. The van der Waals surface area contributed by atoms with Gasteiger partial charge in [0, 0.05) is 11.1 Å². The Labute approximate surface area is 132 Å². The Morgan fingerprint density at radius 3 is 2.57 bits per heavy atom. The van der Waals surface area contributed by atoms with Crippen LogP contribution in [0.5, 0.6) is 5.75 Å². The average Bonchev–Trinajstić information content (AvgIpc) is 2.48. The van der Waals surface area contributed by atoms with Crippen molar-refractivity contribution >= 4 is 15.9 Å². The molecule has 0 amide bonds. The Bertz CT molecular complexity index is 557. The Kier molecular flexibility index (Phi) is 6.21. The summed E-state index contributed by atoms with van der Waals surface area (Å²) in [5.41, 5.74) is 1.03. The second-order valence-electron chi connectivity index (χ2n) is 4.97. The standard InChI is InChI=1S/C17H18BrFO2/c18-15-2-1-3-17(11-15)21-9-8-14(12-20)10-13-4-6-16(19)7-5-13/h1-7,11,14,20H,8-10,12H2. The third-order valence-corrected chi connectivity index (χ3v) is 3.78. The van der Waals surface area contributed by atoms with Gasteiger partial charge in [-0.1, -0.05) is 34.1 Å². The summed E-state index contributed by atoms with van der Waals surface area (Å²) in [6.45, 7) is 0.641. The van der Waals surface area contributed by atoms with Crippen LogP contribution in [0.1, 0.15) is 12.0 Å². The van der Waals surface area contributed by atoms with Crippen LogP contribution in [0.4, 0.5) is 4.39 Å². The van der Waals surface area contributed by atoms with E-state index < -0.39 is 0 Å². The van der Waals surface area contributed by atoms with Crippen LogP contribution in [0.15, 0.2) is 53.0 Å². The van der Waals surface area contributed by atoms with Crippen LogP contribution < -0.4 is 4.74 Å². The highest BCUT2D eigenvalue weighted by molar-refractivity contribution is 9.10. The van der Waals surface area contributed by atoms with Gasteiger partial charge in [0.15, 0.2) is 0 Å². The first-order chi connectivity index (χ1) is 10.2. The number of hydrogen-bond donors (Lipinski definition) is 1. The van der Waals surface area contributed by atoms with Gasteiger partial charge < -0.3 is 9.84 Å². The summed E-state index contributed by atoms with van der Waals surface area (Å²) in [4.78, 5) is 0. The van der Waals surface area contributed by atoms with E-state index in [-0.39, 0.29) is 18.3 Å². The summed E-state index contributed by atoms with van der Waals surface area (Å²) in [5.74, 6) is 0.683. The molecule has 112 valence electrons. The average molecular weight is 353 g/mol. The molecular weight excluding hydrogens is 335 g/mol. The first-order valence-corrected chi connectivity index (χ1v) is 7.70. The fraction of sp³-hybridized carbons (Fsp3) is 0.294. The van der Waals surface area contributed by atoms with Crippen molar-refractivity contribution in [1.29, 1.82) is 0 Å². The topological polar surface area (TPSA) is 29.5 Å². The zero-order valence-corrected chi connectivity index (χ0v) is 13.2. The van der Waals surface area contributed by atoms with E-state index in [9.17, 15) is 9.50 Å². The smallest absolute Gasteiger partial charge is 0.123 e. The van der Waals surface area contributed by atoms with E-state index >= 15 is 0 Å². The molecule has 4 heteroatoms. The normalized spacial score (nSPS) is 12.1. The number of benzene rings is 2. The van der Waals surface area contributed by atoms with Crippen LogP contribution in [0.3, 0.4) is 0 Å². The Hall–Kier alpha value is -1.39. The number of rotatable bonds is 7. The Morgan fingerprint density at radius 1 is 1.14 bits per heavy atom. The Balaban J connectivity index is 1.81. The van der Waals surface area contributed by atoms with Crippen LogP contribution in [0.2, 0.25) is 0 Å². The number of hydrogen-bond acceptors (Lipinski definition) is 2. The van der Waals surface area contributed by atoms with Crippen molar-refractivity contribution in [2.24, 2.45) is 5.92 Å². The third kappa shape index (κ3) is 5.48. The van der Waals surface area contributed by atoms with Gasteiger partial charge in [-0.25, -0.2) is 4.39 Å². The molecule has 1 unspecified atom stereocenters. The summed E-state index contributed by atoms with van der Waals surface area (Å²) < 4.78 is 19.5. The first kappa shape index (κ1) is 16.0. The lowest BCUT2D eigenvalue weighted by atomic mass is 9.97. The molecule has 0 aliphatic heterocycles. The molecule has 1 atom stereocenters. The summed E-state index contributed by atoms with van der Waals surface area (Å²) in [7, 11) is 0. The van der Waals surface area contributed by atoms with Gasteiger partial charge >= 0.3 is 0 Å². The maximum Gasteiger partial charge on any atom is 0.123 e. The highest BCUT2D eigenvalue weighted by Gasteiger charge is 2.09. The van der Waals surface area contributed by atoms with Gasteiger partial charge in [-0.15, -0.1) is 0 Å². The van der Waals surface area contributed by atoms with Crippen LogP contribution in [-0.4, -0.2) is 18.3 Å². The van der Waals surface area contributed by atoms with Crippen molar-refractivity contribution < 1.29 is 14.2 Å². The van der Waals surface area contributed by atoms with Crippen molar-refractivity contribution in [3.63, 3.8) is 0 Å². The third-order valence-electron chi connectivity index (χ3n) is 3.29. The predicted octanol–water partition coefficient (Wildman–Crippen LogP) is 4.21. The van der Waals surface area contributed by atoms with Crippen LogP contribution in [-0.2, 0) is 6.42 Å². The van der Waals surface area contributed by atoms with Gasteiger partial charge in [0.25, 0.3) is 0 Å². The van der Waals surface area contributed by atoms with Gasteiger partial charge in [-0.3, -0.25) is 0 Å². The molecule has 2 rings (SSSR count). The maximum atomic E-state index is 12.9. The van der Waals surface area contributed by atoms with Gasteiger partial charge in [0.1, 0.15) is 11.6 Å². The molecule has 0 saturated carbocycles. The first-order valence-electron chi connectivity index (χ1n) is 6.91. The van der Waals surface area contributed by atoms with Gasteiger partial charge in [-0.05, 0) is 54.7 Å². The molecule has 0 aliphatic rings. The second-order valence-corrected chi connectivity index (χ2v) is 5.89. The minimum Gasteiger partial charge on any atom is -0.494 e. The molecule has 0 radical (unpaired) electrons. The van der Waals surface area contributed by atoms with E-state index in [1.54, 1.807) is 12.1 Å². The number of aliphatic hydroxyl groups excluding tert-OH is 1. The molecular formula is C17H18BrFO2. The number of halogens is 2. The molecule has 0 aromatic heterocycles. The van der Waals surface area contributed by atoms with Crippen LogP contribution >= 0.6 is 15.9 Å². The molecule has 2 aromatic carbocycles. The highest BCUT2D eigenvalue weighted by Crippen LogP contribution is 2.19. The quantitative estimate of drug-likeness (QED) is 0.808. The summed E-state index contributed by atoms with van der Waals surface area (Å²) in [6, 6.07) is 14.1. The van der Waals surface area contributed by atoms with Crippen molar-refractivity contribution in [2.75, 3.05) is 13.2 Å². The lowest BCUT2D eigenvalue weighted by Crippen LogP contribution is -2.14. The zero-order valence-electron chi connectivity index (χ0n) is 11.6. The fourth-order valence-corrected chi connectivity index (χ4v) is 2.49. The fourth-order valence-electron chi connectivity index (χ4n) is 2.11. The van der Waals surface area contributed by atoms with Crippen LogP contribution in [0.25, 0.3) is 0 Å². The van der Waals surface area contributed by atoms with Gasteiger partial charge in [0.05, 0.1) is 6.61 Å². The van der Waals surface area contributed by atoms with Crippen molar-refractivity contribution in [2.45, 2.75) is 12.8 Å². The van der Waals surface area contributed by atoms with E-state index in [2.05, 4.69) is 15.9 Å². The minimum atomic E-state index is -0.239. The monoisotopic (exact) mass is 352 g/mol. The molecule has 21 heavy (non-hydrogen) atoms. The van der Waals surface area contributed by atoms with E-state index in [1.165, 1.54) is 12.1 Å². The molecule has 2 nitrogen and oxygen atoms in total.